The molecular weight excluding hydrogens is 256 g/mol. The summed E-state index contributed by atoms with van der Waals surface area (Å²) in [5.74, 6) is -0.271. The summed E-state index contributed by atoms with van der Waals surface area (Å²) in [5.41, 5.74) is 13.0. The van der Waals surface area contributed by atoms with Crippen LogP contribution in [0.25, 0.3) is 0 Å². The van der Waals surface area contributed by atoms with Gasteiger partial charge in [-0.1, -0.05) is 6.07 Å². The van der Waals surface area contributed by atoms with Crippen molar-refractivity contribution in [2.45, 2.75) is 18.9 Å². The molecule has 4 N–H and O–H groups in total. The number of piperazine rings is 1. The maximum absolute atomic E-state index is 11.7. The molecule has 0 aliphatic carbocycles. The van der Waals surface area contributed by atoms with E-state index in [0.29, 0.717) is 24.2 Å². The van der Waals surface area contributed by atoms with E-state index in [1.54, 1.807) is 12.1 Å². The van der Waals surface area contributed by atoms with Crippen LogP contribution in [0.2, 0.25) is 0 Å². The first-order valence-corrected chi connectivity index (χ1v) is 6.80. The molecule has 6 heteroatoms. The number of nitrogen functional groups attached to an aromatic ring is 1. The summed E-state index contributed by atoms with van der Waals surface area (Å²) in [7, 11) is 0. The molecule has 2 amide bonds. The number of rotatable bonds is 2. The van der Waals surface area contributed by atoms with Crippen molar-refractivity contribution in [2.75, 3.05) is 30.3 Å². The zero-order valence-corrected chi connectivity index (χ0v) is 11.2. The van der Waals surface area contributed by atoms with Gasteiger partial charge in [0.15, 0.2) is 0 Å². The van der Waals surface area contributed by atoms with Crippen molar-refractivity contribution in [3.63, 3.8) is 0 Å². The van der Waals surface area contributed by atoms with E-state index in [1.807, 2.05) is 11.0 Å². The van der Waals surface area contributed by atoms with Crippen LogP contribution in [0.1, 0.15) is 23.2 Å². The van der Waals surface area contributed by atoms with Crippen LogP contribution < -0.4 is 16.4 Å². The number of primary amides is 1. The standard InChI is InChI=1S/C14H18N4O2/c15-13-10(14(16)20)2-1-3-11(13)17-6-7-18-9(8-17)4-5-12(18)19/h1-3,9H,4-8,15H2,(H2,16,20). The Kier molecular flexibility index (Phi) is 3.00. The van der Waals surface area contributed by atoms with E-state index in [0.717, 1.165) is 25.2 Å². The second-order valence-electron chi connectivity index (χ2n) is 5.33. The van der Waals surface area contributed by atoms with E-state index in [4.69, 9.17) is 11.5 Å². The molecule has 2 aliphatic rings. The lowest BCUT2D eigenvalue weighted by molar-refractivity contribution is -0.129. The van der Waals surface area contributed by atoms with Crippen LogP contribution in [0.5, 0.6) is 0 Å². The Morgan fingerprint density at radius 3 is 2.85 bits per heavy atom. The zero-order chi connectivity index (χ0) is 14.3. The fourth-order valence-corrected chi connectivity index (χ4v) is 3.13. The third-order valence-electron chi connectivity index (χ3n) is 4.18. The maximum Gasteiger partial charge on any atom is 0.250 e. The zero-order valence-electron chi connectivity index (χ0n) is 11.2. The number of anilines is 2. The topological polar surface area (TPSA) is 92.7 Å². The van der Waals surface area contributed by atoms with Gasteiger partial charge in [0, 0.05) is 32.1 Å². The Morgan fingerprint density at radius 1 is 1.30 bits per heavy atom. The Labute approximate surface area is 117 Å². The smallest absolute Gasteiger partial charge is 0.250 e. The number of amides is 2. The molecule has 1 atom stereocenters. The van der Waals surface area contributed by atoms with Gasteiger partial charge in [0.05, 0.1) is 16.9 Å². The molecule has 2 saturated heterocycles. The highest BCUT2D eigenvalue weighted by Gasteiger charge is 2.36. The number of nitrogens with zero attached hydrogens (tertiary/aromatic N) is 2. The Balaban J connectivity index is 1.86. The quantitative estimate of drug-likeness (QED) is 0.752. The average molecular weight is 274 g/mol. The second kappa shape index (κ2) is 4.70. The minimum absolute atomic E-state index is 0.244. The van der Waals surface area contributed by atoms with Gasteiger partial charge in [0.2, 0.25) is 5.91 Å². The number of carbonyl (C=O) groups excluding carboxylic acids is 2. The van der Waals surface area contributed by atoms with Crippen molar-refractivity contribution < 1.29 is 9.59 Å². The highest BCUT2D eigenvalue weighted by Crippen LogP contribution is 2.31. The first kappa shape index (κ1) is 12.8. The molecule has 0 radical (unpaired) electrons. The lowest BCUT2D eigenvalue weighted by Crippen LogP contribution is -2.51. The predicted molar refractivity (Wildman–Crippen MR) is 76.3 cm³/mol. The molecule has 1 aromatic rings. The van der Waals surface area contributed by atoms with E-state index in [9.17, 15) is 9.59 Å². The number of hydrogen-bond donors (Lipinski definition) is 2. The molecule has 3 rings (SSSR count). The van der Waals surface area contributed by atoms with E-state index in [2.05, 4.69) is 4.90 Å². The third-order valence-corrected chi connectivity index (χ3v) is 4.18. The molecule has 0 spiro atoms. The van der Waals surface area contributed by atoms with Crippen LogP contribution in [-0.2, 0) is 4.79 Å². The van der Waals surface area contributed by atoms with E-state index in [-0.39, 0.29) is 11.9 Å². The molecular formula is C14H18N4O2. The molecule has 6 nitrogen and oxygen atoms in total. The normalized spacial score (nSPS) is 22.0. The van der Waals surface area contributed by atoms with Gasteiger partial charge >= 0.3 is 0 Å². The number of nitrogens with two attached hydrogens (primary N) is 2. The minimum atomic E-state index is -0.515. The lowest BCUT2D eigenvalue weighted by Gasteiger charge is -2.39. The molecule has 2 fully saturated rings. The predicted octanol–water partition coefficient (Wildman–Crippen LogP) is 0.179. The van der Waals surface area contributed by atoms with E-state index in [1.165, 1.54) is 0 Å². The van der Waals surface area contributed by atoms with Crippen molar-refractivity contribution in [1.29, 1.82) is 0 Å². The highest BCUT2D eigenvalue weighted by atomic mass is 16.2. The second-order valence-corrected chi connectivity index (χ2v) is 5.33. The number of hydrogen-bond acceptors (Lipinski definition) is 4. The Bertz CT molecular complexity index is 572. The number of benzene rings is 1. The van der Waals surface area contributed by atoms with E-state index < -0.39 is 5.91 Å². The van der Waals surface area contributed by atoms with Crippen LogP contribution in [0.3, 0.4) is 0 Å². The summed E-state index contributed by atoms with van der Waals surface area (Å²) in [5, 5.41) is 0. The summed E-state index contributed by atoms with van der Waals surface area (Å²) in [6.45, 7) is 2.20. The van der Waals surface area contributed by atoms with Crippen LogP contribution >= 0.6 is 0 Å². The van der Waals surface area contributed by atoms with Gasteiger partial charge in [0.1, 0.15) is 0 Å². The van der Waals surface area contributed by atoms with E-state index >= 15 is 0 Å². The van der Waals surface area contributed by atoms with Crippen molar-refractivity contribution in [3.8, 4) is 0 Å². The van der Waals surface area contributed by atoms with Crippen LogP contribution in [-0.4, -0.2) is 42.4 Å². The van der Waals surface area contributed by atoms with Gasteiger partial charge in [-0.25, -0.2) is 0 Å². The van der Waals surface area contributed by atoms with Crippen molar-refractivity contribution in [3.05, 3.63) is 23.8 Å². The Hall–Kier alpha value is -2.24. The highest BCUT2D eigenvalue weighted by molar-refractivity contribution is 6.01. The molecule has 2 heterocycles. The van der Waals surface area contributed by atoms with Gasteiger partial charge in [0.25, 0.3) is 5.91 Å². The van der Waals surface area contributed by atoms with Gasteiger partial charge in [-0.2, -0.15) is 0 Å². The number of para-hydroxylation sites is 1. The Morgan fingerprint density at radius 2 is 2.10 bits per heavy atom. The molecule has 1 unspecified atom stereocenters. The third kappa shape index (κ3) is 1.97. The number of carbonyl (C=O) groups is 2. The fourth-order valence-electron chi connectivity index (χ4n) is 3.13. The maximum atomic E-state index is 11.7. The first-order valence-electron chi connectivity index (χ1n) is 6.80. The largest absolute Gasteiger partial charge is 0.396 e. The summed E-state index contributed by atoms with van der Waals surface area (Å²) < 4.78 is 0. The lowest BCUT2D eigenvalue weighted by atomic mass is 10.1. The van der Waals surface area contributed by atoms with Crippen LogP contribution in [0.4, 0.5) is 11.4 Å². The molecule has 1 aromatic carbocycles. The summed E-state index contributed by atoms with van der Waals surface area (Å²) in [6, 6.07) is 5.58. The van der Waals surface area contributed by atoms with Crippen LogP contribution in [0.15, 0.2) is 18.2 Å². The van der Waals surface area contributed by atoms with Crippen molar-refractivity contribution in [1.82, 2.24) is 4.90 Å². The summed E-state index contributed by atoms with van der Waals surface area (Å²) in [4.78, 5) is 27.1. The fraction of sp³-hybridized carbons (Fsp3) is 0.429. The van der Waals surface area contributed by atoms with Gasteiger partial charge < -0.3 is 21.3 Å². The van der Waals surface area contributed by atoms with Crippen molar-refractivity contribution >= 4 is 23.2 Å². The molecule has 20 heavy (non-hydrogen) atoms. The molecule has 2 aliphatic heterocycles. The minimum Gasteiger partial charge on any atom is -0.396 e. The SMILES string of the molecule is NC(=O)c1cccc(N2CCN3C(=O)CCC3C2)c1N. The molecule has 0 bridgehead atoms. The number of fused-ring (bicyclic) bond motifs is 1. The molecule has 0 saturated carbocycles. The van der Waals surface area contributed by atoms with Gasteiger partial charge in [-0.3, -0.25) is 9.59 Å². The van der Waals surface area contributed by atoms with Crippen LogP contribution in [0, 0.1) is 0 Å². The molecule has 106 valence electrons. The summed E-state index contributed by atoms with van der Waals surface area (Å²) in [6.07, 6.45) is 1.53. The van der Waals surface area contributed by atoms with Gasteiger partial charge in [-0.05, 0) is 18.6 Å². The van der Waals surface area contributed by atoms with Gasteiger partial charge in [-0.15, -0.1) is 0 Å². The monoisotopic (exact) mass is 274 g/mol. The summed E-state index contributed by atoms with van der Waals surface area (Å²) >= 11 is 0. The first-order chi connectivity index (χ1) is 9.58. The van der Waals surface area contributed by atoms with Crippen molar-refractivity contribution in [2.24, 2.45) is 5.73 Å². The average Bonchev–Trinajstić information content (AvgIpc) is 2.80. The molecule has 0 aromatic heterocycles.